The van der Waals surface area contributed by atoms with Crippen LogP contribution in [0.1, 0.15) is 23.1 Å². The summed E-state index contributed by atoms with van der Waals surface area (Å²) in [6.45, 7) is 4.01. The van der Waals surface area contributed by atoms with Crippen LogP contribution in [0.5, 0.6) is 0 Å². The fourth-order valence-electron chi connectivity index (χ4n) is 2.01. The first-order valence-corrected chi connectivity index (χ1v) is 6.67. The van der Waals surface area contributed by atoms with Gasteiger partial charge in [0.1, 0.15) is 5.82 Å². The summed E-state index contributed by atoms with van der Waals surface area (Å²) in [6.07, 6.45) is 0.996. The van der Waals surface area contributed by atoms with Crippen LogP contribution < -0.4 is 5.32 Å². The van der Waals surface area contributed by atoms with Crippen LogP contribution in [-0.4, -0.2) is 5.91 Å². The first-order chi connectivity index (χ1) is 9.56. The monoisotopic (exact) mass is 271 g/mol. The van der Waals surface area contributed by atoms with Crippen LogP contribution in [0.2, 0.25) is 0 Å². The van der Waals surface area contributed by atoms with Crippen molar-refractivity contribution in [3.63, 3.8) is 0 Å². The van der Waals surface area contributed by atoms with Crippen molar-refractivity contribution in [1.29, 1.82) is 0 Å². The zero-order valence-corrected chi connectivity index (χ0v) is 11.7. The minimum Gasteiger partial charge on any atom is -0.326 e. The van der Waals surface area contributed by atoms with Crippen LogP contribution in [0.15, 0.2) is 42.5 Å². The van der Waals surface area contributed by atoms with E-state index in [4.69, 9.17) is 0 Å². The molecule has 0 aliphatic rings. The van der Waals surface area contributed by atoms with Gasteiger partial charge in [-0.05, 0) is 55.2 Å². The highest BCUT2D eigenvalue weighted by Gasteiger charge is 2.06. The molecule has 0 unspecified atom stereocenters. The Labute approximate surface area is 118 Å². The summed E-state index contributed by atoms with van der Waals surface area (Å²) in [5.74, 6) is -0.281. The largest absolute Gasteiger partial charge is 0.326 e. The summed E-state index contributed by atoms with van der Waals surface area (Å²) < 4.78 is 12.8. The molecule has 2 nitrogen and oxygen atoms in total. The fraction of sp³-hybridized carbons (Fsp3) is 0.235. The number of aryl methyl sites for hydroxylation is 2. The number of halogens is 1. The molecular weight excluding hydrogens is 253 g/mol. The topological polar surface area (TPSA) is 29.1 Å². The predicted molar refractivity (Wildman–Crippen MR) is 79.3 cm³/mol. The van der Waals surface area contributed by atoms with E-state index in [-0.39, 0.29) is 11.7 Å². The Morgan fingerprint density at radius 2 is 1.80 bits per heavy atom. The maximum atomic E-state index is 12.8. The van der Waals surface area contributed by atoms with Crippen LogP contribution in [0.4, 0.5) is 10.1 Å². The van der Waals surface area contributed by atoms with E-state index in [9.17, 15) is 9.18 Å². The lowest BCUT2D eigenvalue weighted by molar-refractivity contribution is -0.116. The van der Waals surface area contributed by atoms with Crippen molar-refractivity contribution >= 4 is 11.6 Å². The Hall–Kier alpha value is -2.16. The predicted octanol–water partition coefficient (Wildman–Crippen LogP) is 4.01. The third-order valence-electron chi connectivity index (χ3n) is 3.43. The standard InChI is InChI=1S/C17H18FNO/c1-12-4-3-5-16(13(12)2)19-17(20)11-8-14-6-9-15(18)10-7-14/h3-7,9-10H,8,11H2,1-2H3,(H,19,20). The van der Waals surface area contributed by atoms with Gasteiger partial charge in [-0.15, -0.1) is 0 Å². The Morgan fingerprint density at radius 1 is 1.10 bits per heavy atom. The van der Waals surface area contributed by atoms with E-state index in [1.807, 2.05) is 32.0 Å². The van der Waals surface area contributed by atoms with Crippen molar-refractivity contribution < 1.29 is 9.18 Å². The molecule has 0 bridgehead atoms. The summed E-state index contributed by atoms with van der Waals surface area (Å²) in [6, 6.07) is 12.1. The van der Waals surface area contributed by atoms with Crippen molar-refractivity contribution in [2.75, 3.05) is 5.32 Å². The van der Waals surface area contributed by atoms with E-state index in [0.29, 0.717) is 12.8 Å². The van der Waals surface area contributed by atoms with Crippen LogP contribution in [0, 0.1) is 19.7 Å². The van der Waals surface area contributed by atoms with Crippen molar-refractivity contribution in [2.45, 2.75) is 26.7 Å². The van der Waals surface area contributed by atoms with Gasteiger partial charge in [-0.1, -0.05) is 24.3 Å². The average Bonchev–Trinajstić information content (AvgIpc) is 2.43. The number of carbonyl (C=O) groups excluding carboxylic acids is 1. The van der Waals surface area contributed by atoms with Gasteiger partial charge in [-0.3, -0.25) is 4.79 Å². The first kappa shape index (κ1) is 14.3. The van der Waals surface area contributed by atoms with Gasteiger partial charge in [-0.2, -0.15) is 0 Å². The molecule has 0 aromatic heterocycles. The van der Waals surface area contributed by atoms with Crippen LogP contribution in [-0.2, 0) is 11.2 Å². The molecule has 3 heteroatoms. The number of hydrogen-bond donors (Lipinski definition) is 1. The zero-order chi connectivity index (χ0) is 14.5. The summed E-state index contributed by atoms with van der Waals surface area (Å²) >= 11 is 0. The molecule has 0 fully saturated rings. The quantitative estimate of drug-likeness (QED) is 0.894. The molecule has 104 valence electrons. The molecule has 2 rings (SSSR count). The molecule has 0 heterocycles. The summed E-state index contributed by atoms with van der Waals surface area (Å²) in [4.78, 5) is 11.9. The van der Waals surface area contributed by atoms with Crippen molar-refractivity contribution in [1.82, 2.24) is 0 Å². The lowest BCUT2D eigenvalue weighted by Crippen LogP contribution is -2.13. The highest BCUT2D eigenvalue weighted by molar-refractivity contribution is 5.91. The second-order valence-electron chi connectivity index (χ2n) is 4.92. The molecule has 0 radical (unpaired) electrons. The minimum atomic E-state index is -0.256. The molecular formula is C17H18FNO. The molecule has 2 aromatic carbocycles. The molecule has 0 atom stereocenters. The number of benzene rings is 2. The number of carbonyl (C=O) groups is 1. The molecule has 0 saturated carbocycles. The van der Waals surface area contributed by atoms with E-state index in [1.165, 1.54) is 12.1 Å². The summed E-state index contributed by atoms with van der Waals surface area (Å²) in [5.41, 5.74) is 4.06. The van der Waals surface area contributed by atoms with Crippen molar-refractivity contribution in [3.8, 4) is 0 Å². The Balaban J connectivity index is 1.92. The molecule has 20 heavy (non-hydrogen) atoms. The first-order valence-electron chi connectivity index (χ1n) is 6.67. The summed E-state index contributed by atoms with van der Waals surface area (Å²) in [5, 5.41) is 2.92. The molecule has 0 aliphatic carbocycles. The van der Waals surface area contributed by atoms with Gasteiger partial charge >= 0.3 is 0 Å². The van der Waals surface area contributed by atoms with E-state index >= 15 is 0 Å². The highest BCUT2D eigenvalue weighted by Crippen LogP contribution is 2.18. The van der Waals surface area contributed by atoms with E-state index in [0.717, 1.165) is 22.4 Å². The molecule has 0 saturated heterocycles. The van der Waals surface area contributed by atoms with Crippen LogP contribution in [0.3, 0.4) is 0 Å². The average molecular weight is 271 g/mol. The van der Waals surface area contributed by atoms with Gasteiger partial charge in [0, 0.05) is 12.1 Å². The lowest BCUT2D eigenvalue weighted by atomic mass is 10.1. The molecule has 0 aliphatic heterocycles. The lowest BCUT2D eigenvalue weighted by Gasteiger charge is -2.10. The van der Waals surface area contributed by atoms with E-state index < -0.39 is 0 Å². The molecule has 1 amide bonds. The second kappa shape index (κ2) is 6.33. The Kier molecular flexibility index (Phi) is 4.51. The number of anilines is 1. The minimum absolute atomic E-state index is 0.0250. The third kappa shape index (κ3) is 3.67. The van der Waals surface area contributed by atoms with Gasteiger partial charge in [0.15, 0.2) is 0 Å². The normalized spacial score (nSPS) is 10.3. The number of nitrogens with one attached hydrogen (secondary N) is 1. The van der Waals surface area contributed by atoms with Gasteiger partial charge in [0.25, 0.3) is 0 Å². The van der Waals surface area contributed by atoms with Gasteiger partial charge < -0.3 is 5.32 Å². The zero-order valence-electron chi connectivity index (χ0n) is 11.7. The van der Waals surface area contributed by atoms with Crippen molar-refractivity contribution in [2.24, 2.45) is 0 Å². The maximum absolute atomic E-state index is 12.8. The fourth-order valence-corrected chi connectivity index (χ4v) is 2.01. The Bertz CT molecular complexity index is 605. The van der Waals surface area contributed by atoms with E-state index in [2.05, 4.69) is 5.32 Å². The smallest absolute Gasteiger partial charge is 0.224 e. The van der Waals surface area contributed by atoms with Crippen LogP contribution >= 0.6 is 0 Å². The molecule has 1 N–H and O–H groups in total. The maximum Gasteiger partial charge on any atom is 0.224 e. The van der Waals surface area contributed by atoms with Crippen molar-refractivity contribution in [3.05, 3.63) is 65.0 Å². The second-order valence-corrected chi connectivity index (χ2v) is 4.92. The van der Waals surface area contributed by atoms with Gasteiger partial charge in [-0.25, -0.2) is 4.39 Å². The summed E-state index contributed by atoms with van der Waals surface area (Å²) in [7, 11) is 0. The Morgan fingerprint density at radius 3 is 2.50 bits per heavy atom. The number of amides is 1. The van der Waals surface area contributed by atoms with Crippen LogP contribution in [0.25, 0.3) is 0 Å². The molecule has 0 spiro atoms. The third-order valence-corrected chi connectivity index (χ3v) is 3.43. The number of rotatable bonds is 4. The number of hydrogen-bond acceptors (Lipinski definition) is 1. The van der Waals surface area contributed by atoms with Gasteiger partial charge in [0.2, 0.25) is 5.91 Å². The van der Waals surface area contributed by atoms with E-state index in [1.54, 1.807) is 12.1 Å². The van der Waals surface area contributed by atoms with Gasteiger partial charge in [0.05, 0.1) is 0 Å². The highest BCUT2D eigenvalue weighted by atomic mass is 19.1. The SMILES string of the molecule is Cc1cccc(NC(=O)CCc2ccc(F)cc2)c1C. The molecule has 2 aromatic rings.